The molecule has 1 saturated carbocycles. The first-order valence-corrected chi connectivity index (χ1v) is 9.99. The van der Waals surface area contributed by atoms with Crippen LogP contribution in [-0.2, 0) is 5.54 Å². The number of halogens is 5. The summed E-state index contributed by atoms with van der Waals surface area (Å²) < 4.78 is 31.5. The van der Waals surface area contributed by atoms with Gasteiger partial charge in [0.2, 0.25) is 0 Å². The molecule has 2 N–H and O–H groups in total. The second kappa shape index (κ2) is 7.64. The zero-order valence-corrected chi connectivity index (χ0v) is 17.8. The molecular weight excluding hydrogens is 457 g/mol. The van der Waals surface area contributed by atoms with Crippen molar-refractivity contribution in [3.05, 3.63) is 68.2 Å². The smallest absolute Gasteiger partial charge is 0.264 e. The minimum Gasteiger partial charge on any atom is -0.371 e. The van der Waals surface area contributed by atoms with Gasteiger partial charge in [0.1, 0.15) is 11.2 Å². The Hall–Kier alpha value is -1.93. The Labute approximate surface area is 186 Å². The van der Waals surface area contributed by atoms with Gasteiger partial charge in [-0.15, -0.1) is 12.4 Å². The third-order valence-corrected chi connectivity index (χ3v) is 6.38. The van der Waals surface area contributed by atoms with Gasteiger partial charge in [-0.1, -0.05) is 23.2 Å². The number of nitrogens with one attached hydrogen (secondary N) is 2. The predicted molar refractivity (Wildman–Crippen MR) is 116 cm³/mol. The van der Waals surface area contributed by atoms with E-state index in [9.17, 15) is 9.18 Å². The van der Waals surface area contributed by atoms with E-state index in [1.165, 1.54) is 29.1 Å². The van der Waals surface area contributed by atoms with Crippen molar-refractivity contribution >= 4 is 52.2 Å². The Morgan fingerprint density at radius 2 is 1.90 bits per heavy atom. The number of nitrogens with zero attached hydrogens (tertiary/aromatic N) is 2. The van der Waals surface area contributed by atoms with E-state index in [4.69, 9.17) is 23.2 Å². The van der Waals surface area contributed by atoms with E-state index in [0.717, 1.165) is 12.8 Å². The van der Waals surface area contributed by atoms with E-state index in [2.05, 4.69) is 15.6 Å². The summed E-state index contributed by atoms with van der Waals surface area (Å²) in [7, 11) is 0. The van der Waals surface area contributed by atoms with Gasteiger partial charge in [-0.2, -0.15) is 0 Å². The summed E-state index contributed by atoms with van der Waals surface area (Å²) >= 11 is 12.4. The number of rotatable bonds is 4. The molecule has 2 fully saturated rings. The Morgan fingerprint density at radius 1 is 1.17 bits per heavy atom. The lowest BCUT2D eigenvalue weighted by Crippen LogP contribution is -2.62. The quantitative estimate of drug-likeness (QED) is 0.542. The molecule has 1 saturated heterocycles. The van der Waals surface area contributed by atoms with Crippen molar-refractivity contribution in [2.75, 3.05) is 18.4 Å². The van der Waals surface area contributed by atoms with Crippen LogP contribution in [0.1, 0.15) is 24.4 Å². The fourth-order valence-electron chi connectivity index (χ4n) is 3.82. The zero-order valence-electron chi connectivity index (χ0n) is 15.5. The van der Waals surface area contributed by atoms with Crippen molar-refractivity contribution in [1.82, 2.24) is 14.9 Å². The molecule has 5 rings (SSSR count). The number of anilines is 1. The number of aromatic nitrogens is 2. The molecule has 0 amide bonds. The summed E-state index contributed by atoms with van der Waals surface area (Å²) in [6.07, 6.45) is 3.23. The van der Waals surface area contributed by atoms with E-state index in [0.29, 0.717) is 13.1 Å². The highest BCUT2D eigenvalue weighted by molar-refractivity contribution is 6.42. The van der Waals surface area contributed by atoms with Crippen LogP contribution in [0.2, 0.25) is 10.0 Å². The Morgan fingerprint density at radius 3 is 2.53 bits per heavy atom. The minimum atomic E-state index is -0.988. The topological polar surface area (TPSA) is 59.0 Å². The van der Waals surface area contributed by atoms with Crippen LogP contribution >= 0.6 is 35.6 Å². The second-order valence-corrected chi connectivity index (χ2v) is 8.32. The standard InChI is InChI=1S/C20H16Cl2F2N4O.ClH/c21-11-3-4-12(23)16(17(11)22)20(7-25-8-20)27-14-6-5-13-15(18(14)24)19(29)28(9-26-13)10-1-2-10;/h3-6,9-10,25,27H,1-2,7-8H2;1H. The third-order valence-electron chi connectivity index (χ3n) is 5.58. The lowest BCUT2D eigenvalue weighted by atomic mass is 9.83. The first kappa shape index (κ1) is 21.3. The van der Waals surface area contributed by atoms with Crippen molar-refractivity contribution < 1.29 is 8.78 Å². The average molecular weight is 474 g/mol. The van der Waals surface area contributed by atoms with E-state index in [-0.39, 0.29) is 50.6 Å². The molecule has 0 radical (unpaired) electrons. The summed E-state index contributed by atoms with van der Waals surface area (Å²) in [6, 6.07) is 5.78. The van der Waals surface area contributed by atoms with Crippen molar-refractivity contribution in [2.45, 2.75) is 24.4 Å². The van der Waals surface area contributed by atoms with Gasteiger partial charge < -0.3 is 10.6 Å². The molecule has 5 nitrogen and oxygen atoms in total. The molecule has 10 heteroatoms. The lowest BCUT2D eigenvalue weighted by molar-refractivity contribution is 0.306. The molecule has 2 aromatic carbocycles. The number of hydrogen-bond acceptors (Lipinski definition) is 4. The molecule has 3 aromatic rings. The van der Waals surface area contributed by atoms with E-state index < -0.39 is 22.7 Å². The summed E-state index contributed by atoms with van der Waals surface area (Å²) in [5.41, 5.74) is -0.860. The van der Waals surface area contributed by atoms with E-state index >= 15 is 4.39 Å². The van der Waals surface area contributed by atoms with Crippen molar-refractivity contribution in [3.63, 3.8) is 0 Å². The first-order valence-electron chi connectivity index (χ1n) is 9.23. The van der Waals surface area contributed by atoms with Crippen LogP contribution in [0.25, 0.3) is 10.9 Å². The summed E-state index contributed by atoms with van der Waals surface area (Å²) in [4.78, 5) is 17.0. The van der Waals surface area contributed by atoms with E-state index in [1.807, 2.05) is 0 Å². The van der Waals surface area contributed by atoms with Gasteiger partial charge in [0, 0.05) is 24.7 Å². The Kier molecular flexibility index (Phi) is 5.43. The maximum Gasteiger partial charge on any atom is 0.264 e. The molecule has 1 aliphatic heterocycles. The van der Waals surface area contributed by atoms with Crippen LogP contribution in [0.4, 0.5) is 14.5 Å². The maximum absolute atomic E-state index is 15.4. The van der Waals surface area contributed by atoms with Crippen molar-refractivity contribution in [3.8, 4) is 0 Å². The fourth-order valence-corrected chi connectivity index (χ4v) is 4.31. The first-order chi connectivity index (χ1) is 13.9. The molecule has 0 atom stereocenters. The molecule has 1 aromatic heterocycles. The lowest BCUT2D eigenvalue weighted by Gasteiger charge is -2.45. The number of benzene rings is 2. The van der Waals surface area contributed by atoms with Crippen LogP contribution in [-0.4, -0.2) is 22.6 Å². The average Bonchev–Trinajstić information content (AvgIpc) is 3.50. The molecule has 0 bridgehead atoms. The van der Waals surface area contributed by atoms with Crippen LogP contribution in [0.3, 0.4) is 0 Å². The molecule has 1 aliphatic carbocycles. The van der Waals surface area contributed by atoms with Gasteiger partial charge in [0.05, 0.1) is 33.1 Å². The highest BCUT2D eigenvalue weighted by atomic mass is 35.5. The Bertz CT molecular complexity index is 1210. The molecule has 30 heavy (non-hydrogen) atoms. The van der Waals surface area contributed by atoms with E-state index in [1.54, 1.807) is 6.07 Å². The van der Waals surface area contributed by atoms with Crippen molar-refractivity contribution in [1.29, 1.82) is 0 Å². The Balaban J connectivity index is 0.00000218. The van der Waals surface area contributed by atoms with Gasteiger partial charge in [-0.3, -0.25) is 9.36 Å². The van der Waals surface area contributed by atoms with Crippen LogP contribution in [0, 0.1) is 11.6 Å². The van der Waals surface area contributed by atoms with Gasteiger partial charge in [0.15, 0.2) is 5.82 Å². The zero-order chi connectivity index (χ0) is 20.3. The molecular formula is C20H17Cl3F2N4O. The third kappa shape index (κ3) is 3.24. The van der Waals surface area contributed by atoms with Crippen LogP contribution in [0.15, 0.2) is 35.4 Å². The van der Waals surface area contributed by atoms with Gasteiger partial charge in [-0.05, 0) is 37.1 Å². The second-order valence-electron chi connectivity index (χ2n) is 7.54. The normalized spacial score (nSPS) is 17.3. The highest BCUT2D eigenvalue weighted by Gasteiger charge is 2.43. The van der Waals surface area contributed by atoms with Crippen LogP contribution < -0.4 is 16.2 Å². The van der Waals surface area contributed by atoms with Crippen molar-refractivity contribution in [2.24, 2.45) is 0 Å². The minimum absolute atomic E-state index is 0. The van der Waals surface area contributed by atoms with Crippen LogP contribution in [0.5, 0.6) is 0 Å². The molecule has 2 heterocycles. The molecule has 0 unspecified atom stereocenters. The molecule has 158 valence electrons. The summed E-state index contributed by atoms with van der Waals surface area (Å²) in [5.74, 6) is -1.24. The SMILES string of the molecule is Cl.O=c1c2c(F)c(NC3(c4c(F)ccc(Cl)c4Cl)CNC3)ccc2ncn1C1CC1. The fraction of sp³-hybridized carbons (Fsp3) is 0.300. The highest BCUT2D eigenvalue weighted by Crippen LogP contribution is 2.40. The largest absolute Gasteiger partial charge is 0.371 e. The molecule has 0 spiro atoms. The number of fused-ring (bicyclic) bond motifs is 1. The summed E-state index contributed by atoms with van der Waals surface area (Å²) in [6.45, 7) is 0.640. The number of hydrogen-bond donors (Lipinski definition) is 2. The van der Waals surface area contributed by atoms with Gasteiger partial charge in [0.25, 0.3) is 5.56 Å². The summed E-state index contributed by atoms with van der Waals surface area (Å²) in [5, 5.41) is 6.35. The maximum atomic E-state index is 15.4. The van der Waals surface area contributed by atoms with Gasteiger partial charge >= 0.3 is 0 Å². The van der Waals surface area contributed by atoms with Gasteiger partial charge in [-0.25, -0.2) is 13.8 Å². The molecule has 2 aliphatic rings. The monoisotopic (exact) mass is 472 g/mol. The predicted octanol–water partition coefficient (Wildman–Crippen LogP) is 4.65.